The Balaban J connectivity index is 2.73. The van der Waals surface area contributed by atoms with E-state index in [-0.39, 0.29) is 12.0 Å². The zero-order valence-electron chi connectivity index (χ0n) is 13.4. The van der Waals surface area contributed by atoms with Gasteiger partial charge in [-0.2, -0.15) is 0 Å². The highest BCUT2D eigenvalue weighted by Gasteiger charge is 2.34. The molecule has 1 aliphatic rings. The number of nitrogens with two attached hydrogens (primary N) is 1. The molecule has 1 fully saturated rings. The fourth-order valence-electron chi connectivity index (χ4n) is 3.06. The van der Waals surface area contributed by atoms with Crippen LogP contribution in [0.15, 0.2) is 0 Å². The quantitative estimate of drug-likeness (QED) is 0.833. The zero-order valence-corrected chi connectivity index (χ0v) is 13.4. The molecule has 1 rings (SSSR count). The van der Waals surface area contributed by atoms with Gasteiger partial charge >= 0.3 is 0 Å². The molecule has 19 heavy (non-hydrogen) atoms. The van der Waals surface area contributed by atoms with Gasteiger partial charge in [-0.15, -0.1) is 0 Å². The largest absolute Gasteiger partial charge is 0.342 e. The van der Waals surface area contributed by atoms with Gasteiger partial charge in [-0.25, -0.2) is 0 Å². The highest BCUT2D eigenvalue weighted by molar-refractivity contribution is 5.79. The molecule has 1 amide bonds. The van der Waals surface area contributed by atoms with E-state index in [4.69, 9.17) is 5.73 Å². The minimum Gasteiger partial charge on any atom is -0.342 e. The molecule has 1 aliphatic carbocycles. The molecular weight excluding hydrogens is 236 g/mol. The summed E-state index contributed by atoms with van der Waals surface area (Å²) < 4.78 is 0. The maximum atomic E-state index is 12.8. The van der Waals surface area contributed by atoms with E-state index >= 15 is 0 Å². The zero-order chi connectivity index (χ0) is 14.6. The Morgan fingerprint density at radius 2 is 1.68 bits per heavy atom. The number of carbonyl (C=O) groups is 1. The third-order valence-electron chi connectivity index (χ3n) is 3.97. The van der Waals surface area contributed by atoms with E-state index in [9.17, 15) is 4.79 Å². The van der Waals surface area contributed by atoms with Crippen molar-refractivity contribution in [3.63, 3.8) is 0 Å². The van der Waals surface area contributed by atoms with Crippen molar-refractivity contribution >= 4 is 5.91 Å². The summed E-state index contributed by atoms with van der Waals surface area (Å²) in [6.07, 6.45) is 3.13. The van der Waals surface area contributed by atoms with E-state index in [0.29, 0.717) is 23.7 Å². The second kappa shape index (κ2) is 7.28. The maximum Gasteiger partial charge on any atom is 0.227 e. The van der Waals surface area contributed by atoms with E-state index in [1.54, 1.807) is 0 Å². The smallest absolute Gasteiger partial charge is 0.227 e. The lowest BCUT2D eigenvalue weighted by molar-refractivity contribution is -0.138. The summed E-state index contributed by atoms with van der Waals surface area (Å²) in [5, 5.41) is 0. The summed E-state index contributed by atoms with van der Waals surface area (Å²) >= 11 is 0. The molecule has 0 saturated heterocycles. The molecule has 3 nitrogen and oxygen atoms in total. The second-order valence-electron chi connectivity index (χ2n) is 7.22. The van der Waals surface area contributed by atoms with E-state index in [1.807, 2.05) is 0 Å². The molecule has 0 heterocycles. The van der Waals surface area contributed by atoms with Gasteiger partial charge in [-0.05, 0) is 37.0 Å². The van der Waals surface area contributed by atoms with Crippen LogP contribution in [0.5, 0.6) is 0 Å². The lowest BCUT2D eigenvalue weighted by Gasteiger charge is -2.36. The molecule has 2 N–H and O–H groups in total. The number of hydrogen-bond donors (Lipinski definition) is 1. The van der Waals surface area contributed by atoms with Gasteiger partial charge < -0.3 is 10.6 Å². The van der Waals surface area contributed by atoms with Crippen molar-refractivity contribution < 1.29 is 4.79 Å². The van der Waals surface area contributed by atoms with E-state index in [0.717, 1.165) is 25.9 Å². The number of hydrogen-bond acceptors (Lipinski definition) is 2. The molecule has 0 aromatic carbocycles. The highest BCUT2D eigenvalue weighted by Crippen LogP contribution is 2.29. The molecule has 3 atom stereocenters. The predicted octanol–water partition coefficient (Wildman–Crippen LogP) is 2.89. The van der Waals surface area contributed by atoms with Crippen molar-refractivity contribution in [3.8, 4) is 0 Å². The van der Waals surface area contributed by atoms with E-state index < -0.39 is 0 Å². The maximum absolute atomic E-state index is 12.8. The van der Waals surface area contributed by atoms with Gasteiger partial charge in [0.2, 0.25) is 5.91 Å². The normalized spacial score (nSPS) is 27.9. The second-order valence-corrected chi connectivity index (χ2v) is 7.22. The number of carbonyl (C=O) groups excluding carboxylic acids is 1. The summed E-state index contributed by atoms with van der Waals surface area (Å²) in [7, 11) is 0. The summed E-state index contributed by atoms with van der Waals surface area (Å²) in [4.78, 5) is 14.8. The number of amides is 1. The molecule has 1 saturated carbocycles. The average molecular weight is 268 g/mol. The molecule has 0 bridgehead atoms. The first-order chi connectivity index (χ1) is 8.81. The highest BCUT2D eigenvalue weighted by atomic mass is 16.2. The summed E-state index contributed by atoms with van der Waals surface area (Å²) in [6.45, 7) is 12.6. The third kappa shape index (κ3) is 5.13. The van der Waals surface area contributed by atoms with Crippen LogP contribution in [0.25, 0.3) is 0 Å². The fourth-order valence-corrected chi connectivity index (χ4v) is 3.06. The predicted molar refractivity (Wildman–Crippen MR) is 80.7 cm³/mol. The Kier molecular flexibility index (Phi) is 6.31. The Morgan fingerprint density at radius 3 is 2.16 bits per heavy atom. The van der Waals surface area contributed by atoms with Crippen LogP contribution in [0.3, 0.4) is 0 Å². The summed E-state index contributed by atoms with van der Waals surface area (Å²) in [5.41, 5.74) is 6.19. The fraction of sp³-hybridized carbons (Fsp3) is 0.938. The standard InChI is InChI=1S/C16H32N2O/c1-11(2)9-18(10-12(3)4)16(19)14-8-13(5)6-7-15(14)17/h11-15H,6-10,17H2,1-5H3. The SMILES string of the molecule is CC(C)CN(CC(C)C)C(=O)C1CC(C)CCC1N. The van der Waals surface area contributed by atoms with Gasteiger partial charge in [0.05, 0.1) is 5.92 Å². The van der Waals surface area contributed by atoms with Crippen molar-refractivity contribution in [1.82, 2.24) is 4.90 Å². The number of nitrogens with zero attached hydrogens (tertiary/aromatic N) is 1. The first-order valence-corrected chi connectivity index (χ1v) is 7.85. The molecular formula is C16H32N2O. The Labute approximate surface area is 118 Å². The van der Waals surface area contributed by atoms with Crippen LogP contribution in [-0.2, 0) is 4.79 Å². The molecule has 0 aliphatic heterocycles. The monoisotopic (exact) mass is 268 g/mol. The van der Waals surface area contributed by atoms with Crippen molar-refractivity contribution in [2.45, 2.75) is 59.9 Å². The van der Waals surface area contributed by atoms with Crippen molar-refractivity contribution in [2.24, 2.45) is 29.4 Å². The molecule has 0 aromatic rings. The molecule has 112 valence electrons. The average Bonchev–Trinajstić information content (AvgIpc) is 2.29. The first-order valence-electron chi connectivity index (χ1n) is 7.85. The topological polar surface area (TPSA) is 46.3 Å². The van der Waals surface area contributed by atoms with Crippen LogP contribution < -0.4 is 5.73 Å². The van der Waals surface area contributed by atoms with Crippen LogP contribution >= 0.6 is 0 Å². The van der Waals surface area contributed by atoms with Crippen LogP contribution in [0, 0.1) is 23.7 Å². The molecule has 0 aromatic heterocycles. The molecule has 0 spiro atoms. The van der Waals surface area contributed by atoms with Gasteiger partial charge in [0.25, 0.3) is 0 Å². The van der Waals surface area contributed by atoms with E-state index in [1.165, 1.54) is 6.42 Å². The van der Waals surface area contributed by atoms with Gasteiger partial charge in [0, 0.05) is 19.1 Å². The lowest BCUT2D eigenvalue weighted by atomic mass is 9.78. The Morgan fingerprint density at radius 1 is 1.16 bits per heavy atom. The van der Waals surface area contributed by atoms with Gasteiger partial charge in [0.1, 0.15) is 0 Å². The number of rotatable bonds is 5. The van der Waals surface area contributed by atoms with Gasteiger partial charge in [0.15, 0.2) is 0 Å². The van der Waals surface area contributed by atoms with Crippen LogP contribution in [-0.4, -0.2) is 29.9 Å². The first kappa shape index (κ1) is 16.5. The van der Waals surface area contributed by atoms with Crippen molar-refractivity contribution in [1.29, 1.82) is 0 Å². The van der Waals surface area contributed by atoms with Gasteiger partial charge in [-0.1, -0.05) is 34.6 Å². The molecule has 3 unspecified atom stereocenters. The minimum atomic E-state index is 0.0428. The molecule has 3 heteroatoms. The Hall–Kier alpha value is -0.570. The van der Waals surface area contributed by atoms with Crippen LogP contribution in [0.1, 0.15) is 53.9 Å². The van der Waals surface area contributed by atoms with Crippen LogP contribution in [0.4, 0.5) is 0 Å². The summed E-state index contributed by atoms with van der Waals surface area (Å²) in [5.74, 6) is 2.00. The minimum absolute atomic E-state index is 0.0428. The van der Waals surface area contributed by atoms with Crippen molar-refractivity contribution in [3.05, 3.63) is 0 Å². The lowest BCUT2D eigenvalue weighted by Crippen LogP contribution is -2.48. The summed E-state index contributed by atoms with van der Waals surface area (Å²) in [6, 6.07) is 0.0607. The third-order valence-corrected chi connectivity index (χ3v) is 3.97. The Bertz CT molecular complexity index is 278. The van der Waals surface area contributed by atoms with E-state index in [2.05, 4.69) is 39.5 Å². The van der Waals surface area contributed by atoms with Crippen molar-refractivity contribution in [2.75, 3.05) is 13.1 Å². The van der Waals surface area contributed by atoms with Gasteiger partial charge in [-0.3, -0.25) is 4.79 Å². The van der Waals surface area contributed by atoms with Crippen LogP contribution in [0.2, 0.25) is 0 Å². The molecule has 0 radical (unpaired) electrons.